The van der Waals surface area contributed by atoms with Crippen molar-refractivity contribution < 1.29 is 4.79 Å². The van der Waals surface area contributed by atoms with Crippen LogP contribution in [0.3, 0.4) is 0 Å². The topological polar surface area (TPSA) is 124 Å². The molecule has 0 aliphatic carbocycles. The van der Waals surface area contributed by atoms with Crippen LogP contribution in [0.1, 0.15) is 28.4 Å². The summed E-state index contributed by atoms with van der Waals surface area (Å²) < 4.78 is 0. The van der Waals surface area contributed by atoms with Gasteiger partial charge in [-0.2, -0.15) is 10.5 Å². The van der Waals surface area contributed by atoms with Crippen molar-refractivity contribution in [1.29, 1.82) is 10.5 Å². The van der Waals surface area contributed by atoms with Crippen LogP contribution in [-0.4, -0.2) is 10.8 Å². The van der Waals surface area contributed by atoms with Gasteiger partial charge in [0.25, 0.3) is 5.56 Å². The standard InChI is InChI=1S/C21H14N4O2/c1-12(26)15-3-2-4-16(9-15)13-5-7-14(8-6-13)19-17(10-22)20(24)25-21(27)18(19)11-23/h2-9H,1H3,(H3,24,25,27). The molecule has 0 radical (unpaired) electrons. The molecule has 0 aliphatic heterocycles. The zero-order chi connectivity index (χ0) is 19.6. The van der Waals surface area contributed by atoms with Gasteiger partial charge in [-0.15, -0.1) is 0 Å². The van der Waals surface area contributed by atoms with Crippen molar-refractivity contribution in [2.24, 2.45) is 0 Å². The monoisotopic (exact) mass is 354 g/mol. The summed E-state index contributed by atoms with van der Waals surface area (Å²) in [6.07, 6.45) is 0. The first kappa shape index (κ1) is 17.7. The van der Waals surface area contributed by atoms with E-state index in [9.17, 15) is 20.1 Å². The Balaban J connectivity index is 2.14. The van der Waals surface area contributed by atoms with Crippen LogP contribution in [0.4, 0.5) is 5.82 Å². The van der Waals surface area contributed by atoms with E-state index in [1.165, 1.54) is 6.92 Å². The number of rotatable bonds is 3. The molecule has 3 aromatic rings. The third-order valence-corrected chi connectivity index (χ3v) is 4.24. The Morgan fingerprint density at radius 3 is 2.19 bits per heavy atom. The SMILES string of the molecule is CC(=O)c1cccc(-c2ccc(-c3c(C#N)c(N)[nH]c(=O)c3C#N)cc2)c1. The number of hydrogen-bond acceptors (Lipinski definition) is 5. The van der Waals surface area contributed by atoms with Crippen LogP contribution in [0.2, 0.25) is 0 Å². The number of benzene rings is 2. The van der Waals surface area contributed by atoms with Crippen molar-refractivity contribution in [2.45, 2.75) is 6.92 Å². The maximum Gasteiger partial charge on any atom is 0.268 e. The molecule has 3 N–H and O–H groups in total. The van der Waals surface area contributed by atoms with E-state index in [4.69, 9.17) is 5.73 Å². The molecule has 27 heavy (non-hydrogen) atoms. The maximum atomic E-state index is 12.0. The molecule has 1 aromatic heterocycles. The Hall–Kier alpha value is -4.16. The lowest BCUT2D eigenvalue weighted by molar-refractivity contribution is 0.101. The van der Waals surface area contributed by atoms with Gasteiger partial charge in [-0.1, -0.05) is 42.5 Å². The van der Waals surface area contributed by atoms with E-state index >= 15 is 0 Å². The molecule has 1 heterocycles. The third kappa shape index (κ3) is 3.20. The van der Waals surface area contributed by atoms with Crippen LogP contribution in [-0.2, 0) is 0 Å². The van der Waals surface area contributed by atoms with E-state index in [-0.39, 0.29) is 28.3 Å². The van der Waals surface area contributed by atoms with Gasteiger partial charge in [0.2, 0.25) is 0 Å². The lowest BCUT2D eigenvalue weighted by Crippen LogP contribution is -2.16. The fourth-order valence-corrected chi connectivity index (χ4v) is 2.88. The van der Waals surface area contributed by atoms with Crippen LogP contribution in [0, 0.1) is 22.7 Å². The lowest BCUT2D eigenvalue weighted by atomic mass is 9.94. The Morgan fingerprint density at radius 2 is 1.59 bits per heavy atom. The van der Waals surface area contributed by atoms with Crippen molar-refractivity contribution >= 4 is 11.6 Å². The maximum absolute atomic E-state index is 12.0. The van der Waals surface area contributed by atoms with Gasteiger partial charge in [-0.3, -0.25) is 9.59 Å². The fraction of sp³-hybridized carbons (Fsp3) is 0.0476. The number of nitrogens with two attached hydrogens (primary N) is 1. The van der Waals surface area contributed by atoms with Crippen molar-refractivity contribution in [3.63, 3.8) is 0 Å². The second-order valence-electron chi connectivity index (χ2n) is 5.93. The lowest BCUT2D eigenvalue weighted by Gasteiger charge is -2.10. The van der Waals surface area contributed by atoms with Crippen molar-refractivity contribution in [2.75, 3.05) is 5.73 Å². The average Bonchev–Trinajstić information content (AvgIpc) is 2.67. The minimum Gasteiger partial charge on any atom is -0.384 e. The Kier molecular flexibility index (Phi) is 4.57. The minimum atomic E-state index is -0.637. The summed E-state index contributed by atoms with van der Waals surface area (Å²) in [6.45, 7) is 1.51. The molecule has 0 amide bonds. The zero-order valence-electron chi connectivity index (χ0n) is 14.4. The third-order valence-electron chi connectivity index (χ3n) is 4.24. The number of aromatic nitrogens is 1. The number of hydrogen-bond donors (Lipinski definition) is 2. The van der Waals surface area contributed by atoms with Gasteiger partial charge in [0.15, 0.2) is 5.78 Å². The first-order valence-electron chi connectivity index (χ1n) is 8.04. The molecule has 0 bridgehead atoms. The number of aromatic amines is 1. The highest BCUT2D eigenvalue weighted by Crippen LogP contribution is 2.30. The number of ketones is 1. The fourth-order valence-electron chi connectivity index (χ4n) is 2.88. The smallest absolute Gasteiger partial charge is 0.268 e. The van der Waals surface area contributed by atoms with Gasteiger partial charge in [0.05, 0.1) is 0 Å². The molecule has 0 fully saturated rings. The summed E-state index contributed by atoms with van der Waals surface area (Å²) >= 11 is 0. The highest BCUT2D eigenvalue weighted by molar-refractivity contribution is 5.95. The quantitative estimate of drug-likeness (QED) is 0.699. The number of Topliss-reactive ketones (excluding diaryl/α,β-unsaturated/α-hetero) is 1. The van der Waals surface area contributed by atoms with Crippen LogP contribution >= 0.6 is 0 Å². The molecule has 6 heteroatoms. The molecule has 6 nitrogen and oxygen atoms in total. The van der Waals surface area contributed by atoms with Crippen LogP contribution in [0.5, 0.6) is 0 Å². The van der Waals surface area contributed by atoms with Crippen LogP contribution < -0.4 is 11.3 Å². The van der Waals surface area contributed by atoms with Gasteiger partial charge >= 0.3 is 0 Å². The molecule has 3 rings (SSSR count). The second kappa shape index (κ2) is 6.99. The second-order valence-corrected chi connectivity index (χ2v) is 5.93. The molecular formula is C21H14N4O2. The predicted molar refractivity (Wildman–Crippen MR) is 102 cm³/mol. The van der Waals surface area contributed by atoms with Gasteiger partial charge in [0, 0.05) is 11.1 Å². The van der Waals surface area contributed by atoms with Gasteiger partial charge < -0.3 is 10.7 Å². The Labute approximate surface area is 155 Å². The summed E-state index contributed by atoms with van der Waals surface area (Å²) in [7, 11) is 0. The summed E-state index contributed by atoms with van der Waals surface area (Å²) in [6, 6.07) is 18.0. The number of nitriles is 2. The van der Waals surface area contributed by atoms with E-state index in [0.29, 0.717) is 11.1 Å². The molecule has 130 valence electrons. The Bertz CT molecular complexity index is 1190. The number of carbonyl (C=O) groups excluding carboxylic acids is 1. The summed E-state index contributed by atoms with van der Waals surface area (Å²) in [5.41, 5.74) is 8.07. The molecule has 0 aliphatic rings. The molecule has 0 saturated carbocycles. The number of nitrogens with one attached hydrogen (secondary N) is 1. The highest BCUT2D eigenvalue weighted by atomic mass is 16.1. The zero-order valence-corrected chi connectivity index (χ0v) is 14.4. The molecule has 0 unspecified atom stereocenters. The summed E-state index contributed by atoms with van der Waals surface area (Å²) in [5.74, 6) is -0.0977. The van der Waals surface area contributed by atoms with E-state index < -0.39 is 5.56 Å². The molecule has 0 saturated heterocycles. The number of carbonyl (C=O) groups is 1. The predicted octanol–water partition coefficient (Wildman–Crippen LogP) is 3.24. The average molecular weight is 354 g/mol. The molecule has 2 aromatic carbocycles. The molecular weight excluding hydrogens is 340 g/mol. The number of H-pyrrole nitrogens is 1. The van der Waals surface area contributed by atoms with Crippen LogP contribution in [0.15, 0.2) is 53.3 Å². The van der Waals surface area contributed by atoms with Crippen molar-refractivity contribution in [3.05, 3.63) is 75.6 Å². The van der Waals surface area contributed by atoms with Crippen molar-refractivity contribution in [1.82, 2.24) is 4.98 Å². The van der Waals surface area contributed by atoms with Gasteiger partial charge in [0.1, 0.15) is 29.1 Å². The number of nitrogen functional groups attached to an aromatic ring is 1. The first-order valence-corrected chi connectivity index (χ1v) is 8.04. The molecule has 0 atom stereocenters. The largest absolute Gasteiger partial charge is 0.384 e. The minimum absolute atomic E-state index is 0.0234. The van der Waals surface area contributed by atoms with E-state index in [1.807, 2.05) is 18.2 Å². The highest BCUT2D eigenvalue weighted by Gasteiger charge is 2.18. The van der Waals surface area contributed by atoms with E-state index in [2.05, 4.69) is 4.98 Å². The number of anilines is 1. The number of pyridine rings is 1. The Morgan fingerprint density at radius 1 is 0.963 bits per heavy atom. The van der Waals surface area contributed by atoms with Crippen molar-refractivity contribution in [3.8, 4) is 34.4 Å². The van der Waals surface area contributed by atoms with E-state index in [0.717, 1.165) is 11.1 Å². The normalized spacial score (nSPS) is 10.0. The van der Waals surface area contributed by atoms with Gasteiger partial charge in [-0.25, -0.2) is 0 Å². The summed E-state index contributed by atoms with van der Waals surface area (Å²) in [4.78, 5) is 25.9. The number of nitrogens with zero attached hydrogens (tertiary/aromatic N) is 2. The van der Waals surface area contributed by atoms with E-state index in [1.54, 1.807) is 42.5 Å². The van der Waals surface area contributed by atoms with Crippen LogP contribution in [0.25, 0.3) is 22.3 Å². The van der Waals surface area contributed by atoms with Gasteiger partial charge in [-0.05, 0) is 29.7 Å². The first-order chi connectivity index (χ1) is 13.0. The molecule has 0 spiro atoms. The summed E-state index contributed by atoms with van der Waals surface area (Å²) in [5, 5.41) is 18.7.